The van der Waals surface area contributed by atoms with Gasteiger partial charge in [-0.15, -0.1) is 0 Å². The standard InChI is InChI=1S/C19H19N3O5/c1-26-16(23)12-19(18(25)27-2)20-15-11-7-6-10-14(15)17(24)22(19)21-13-8-4-3-5-9-13/h3-11,20-21H,12H2,1-2H3. The summed E-state index contributed by atoms with van der Waals surface area (Å²) in [5.74, 6) is -1.97. The van der Waals surface area contributed by atoms with Crippen LogP contribution in [0.3, 0.4) is 0 Å². The van der Waals surface area contributed by atoms with Crippen molar-refractivity contribution in [3.05, 3.63) is 60.2 Å². The fourth-order valence-corrected chi connectivity index (χ4v) is 2.93. The second kappa shape index (κ2) is 7.36. The Morgan fingerprint density at radius 3 is 2.37 bits per heavy atom. The lowest BCUT2D eigenvalue weighted by atomic mass is 9.97. The van der Waals surface area contributed by atoms with Crippen LogP contribution in [0.15, 0.2) is 54.6 Å². The zero-order chi connectivity index (χ0) is 19.4. The first-order valence-electron chi connectivity index (χ1n) is 8.20. The van der Waals surface area contributed by atoms with Crippen LogP contribution in [0.1, 0.15) is 16.8 Å². The van der Waals surface area contributed by atoms with Crippen LogP contribution in [0.4, 0.5) is 11.4 Å². The van der Waals surface area contributed by atoms with Gasteiger partial charge in [0.15, 0.2) is 0 Å². The van der Waals surface area contributed by atoms with Gasteiger partial charge in [0.1, 0.15) is 6.42 Å². The number of rotatable bonds is 5. The molecular formula is C19H19N3O5. The second-order valence-electron chi connectivity index (χ2n) is 5.89. The number of ether oxygens (including phenoxy) is 2. The maximum atomic E-state index is 13.2. The monoisotopic (exact) mass is 369 g/mol. The summed E-state index contributed by atoms with van der Waals surface area (Å²) in [6.07, 6.45) is -0.448. The van der Waals surface area contributed by atoms with Crippen molar-refractivity contribution >= 4 is 29.2 Å². The minimum Gasteiger partial charge on any atom is -0.469 e. The third-order valence-electron chi connectivity index (χ3n) is 4.25. The number of nitrogens with zero attached hydrogens (tertiary/aromatic N) is 1. The number of fused-ring (bicyclic) bond motifs is 1. The molecule has 8 nitrogen and oxygen atoms in total. The fourth-order valence-electron chi connectivity index (χ4n) is 2.93. The van der Waals surface area contributed by atoms with Crippen molar-refractivity contribution in [3.63, 3.8) is 0 Å². The summed E-state index contributed by atoms with van der Waals surface area (Å²) in [7, 11) is 2.40. The third-order valence-corrected chi connectivity index (χ3v) is 4.25. The first-order valence-corrected chi connectivity index (χ1v) is 8.20. The zero-order valence-electron chi connectivity index (χ0n) is 14.9. The maximum Gasteiger partial charge on any atom is 0.355 e. The molecule has 1 unspecified atom stereocenters. The van der Waals surface area contributed by atoms with E-state index in [1.165, 1.54) is 14.2 Å². The van der Waals surface area contributed by atoms with Gasteiger partial charge in [0.25, 0.3) is 5.91 Å². The molecule has 2 aromatic carbocycles. The predicted molar refractivity (Wildman–Crippen MR) is 97.7 cm³/mol. The molecule has 0 saturated carbocycles. The van der Waals surface area contributed by atoms with E-state index in [1.54, 1.807) is 48.5 Å². The Labute approximate surface area is 156 Å². The number of carbonyl (C=O) groups is 3. The molecule has 0 saturated heterocycles. The molecule has 0 spiro atoms. The highest BCUT2D eigenvalue weighted by molar-refractivity contribution is 6.07. The highest BCUT2D eigenvalue weighted by Gasteiger charge is 2.54. The average molecular weight is 369 g/mol. The molecule has 0 bridgehead atoms. The number of anilines is 2. The van der Waals surface area contributed by atoms with Crippen molar-refractivity contribution in [1.29, 1.82) is 0 Å². The normalized spacial score (nSPS) is 18.1. The van der Waals surface area contributed by atoms with Gasteiger partial charge < -0.3 is 14.8 Å². The first-order chi connectivity index (χ1) is 13.0. The number of para-hydroxylation sites is 2. The summed E-state index contributed by atoms with van der Waals surface area (Å²) in [5.41, 5.74) is 2.44. The lowest BCUT2D eigenvalue weighted by Gasteiger charge is -2.45. The molecule has 0 aliphatic carbocycles. The van der Waals surface area contributed by atoms with Crippen molar-refractivity contribution in [1.82, 2.24) is 5.01 Å². The van der Waals surface area contributed by atoms with Gasteiger partial charge in [-0.05, 0) is 24.3 Å². The molecule has 0 aromatic heterocycles. The number of carbonyl (C=O) groups excluding carboxylic acids is 3. The van der Waals surface area contributed by atoms with Gasteiger partial charge in [-0.25, -0.2) is 9.80 Å². The van der Waals surface area contributed by atoms with E-state index in [0.29, 0.717) is 16.9 Å². The van der Waals surface area contributed by atoms with Crippen molar-refractivity contribution in [2.24, 2.45) is 0 Å². The van der Waals surface area contributed by atoms with Crippen molar-refractivity contribution in [2.45, 2.75) is 12.1 Å². The first kappa shape index (κ1) is 18.2. The molecule has 2 aromatic rings. The van der Waals surface area contributed by atoms with Crippen LogP contribution in [0, 0.1) is 0 Å². The minimum atomic E-state index is -1.82. The van der Waals surface area contributed by atoms with E-state index in [0.717, 1.165) is 5.01 Å². The molecule has 3 rings (SSSR count). The number of nitrogens with one attached hydrogen (secondary N) is 2. The number of methoxy groups -OCH3 is 2. The van der Waals surface area contributed by atoms with E-state index in [4.69, 9.17) is 9.47 Å². The topological polar surface area (TPSA) is 97.0 Å². The van der Waals surface area contributed by atoms with Gasteiger partial charge in [0, 0.05) is 5.69 Å². The number of benzene rings is 2. The highest BCUT2D eigenvalue weighted by atomic mass is 16.5. The number of hydrogen-bond acceptors (Lipinski definition) is 7. The molecule has 27 heavy (non-hydrogen) atoms. The number of amides is 1. The molecule has 0 fully saturated rings. The third kappa shape index (κ3) is 3.29. The van der Waals surface area contributed by atoms with Crippen LogP contribution in [0.2, 0.25) is 0 Å². The quantitative estimate of drug-likeness (QED) is 0.778. The van der Waals surface area contributed by atoms with Gasteiger partial charge in [0.05, 0.1) is 25.5 Å². The SMILES string of the molecule is COC(=O)CC1(C(=O)OC)Nc2ccccc2C(=O)N1Nc1ccccc1. The Morgan fingerprint density at radius 2 is 1.70 bits per heavy atom. The average Bonchev–Trinajstić information content (AvgIpc) is 2.70. The van der Waals surface area contributed by atoms with Crippen molar-refractivity contribution in [3.8, 4) is 0 Å². The largest absolute Gasteiger partial charge is 0.469 e. The Bertz CT molecular complexity index is 871. The highest BCUT2D eigenvalue weighted by Crippen LogP contribution is 2.34. The molecule has 1 atom stereocenters. The summed E-state index contributed by atoms with van der Waals surface area (Å²) in [6, 6.07) is 15.5. The Hall–Kier alpha value is -3.55. The molecular weight excluding hydrogens is 350 g/mol. The second-order valence-corrected chi connectivity index (χ2v) is 5.89. The van der Waals surface area contributed by atoms with Gasteiger partial charge in [0.2, 0.25) is 5.66 Å². The van der Waals surface area contributed by atoms with Gasteiger partial charge in [-0.1, -0.05) is 30.3 Å². The predicted octanol–water partition coefficient (Wildman–Crippen LogP) is 2.01. The maximum absolute atomic E-state index is 13.2. The smallest absolute Gasteiger partial charge is 0.355 e. The van der Waals surface area contributed by atoms with Gasteiger partial charge in [-0.2, -0.15) is 0 Å². The lowest BCUT2D eigenvalue weighted by Crippen LogP contribution is -2.67. The van der Waals surface area contributed by atoms with Crippen LogP contribution >= 0.6 is 0 Å². The Morgan fingerprint density at radius 1 is 1.04 bits per heavy atom. The van der Waals surface area contributed by atoms with E-state index in [1.807, 2.05) is 6.07 Å². The summed E-state index contributed by atoms with van der Waals surface area (Å²) < 4.78 is 9.67. The number of hydrazine groups is 1. The number of hydrogen-bond donors (Lipinski definition) is 2. The van der Waals surface area contributed by atoms with Crippen molar-refractivity contribution < 1.29 is 23.9 Å². The van der Waals surface area contributed by atoms with Gasteiger partial charge in [-0.3, -0.25) is 15.0 Å². The minimum absolute atomic E-state index is 0.352. The summed E-state index contributed by atoms with van der Waals surface area (Å²) >= 11 is 0. The summed E-state index contributed by atoms with van der Waals surface area (Å²) in [6.45, 7) is 0. The van der Waals surface area contributed by atoms with Crippen LogP contribution in [0.25, 0.3) is 0 Å². The van der Waals surface area contributed by atoms with Crippen molar-refractivity contribution in [2.75, 3.05) is 25.0 Å². The molecule has 1 heterocycles. The zero-order valence-corrected chi connectivity index (χ0v) is 14.9. The lowest BCUT2D eigenvalue weighted by molar-refractivity contribution is -0.158. The Balaban J connectivity index is 2.14. The molecule has 1 aliphatic rings. The fraction of sp³-hybridized carbons (Fsp3) is 0.211. The van der Waals surface area contributed by atoms with E-state index in [9.17, 15) is 14.4 Å². The van der Waals surface area contributed by atoms with E-state index in [2.05, 4.69) is 10.7 Å². The summed E-state index contributed by atoms with van der Waals surface area (Å²) in [4.78, 5) is 38.0. The van der Waals surface area contributed by atoms with E-state index in [-0.39, 0.29) is 0 Å². The van der Waals surface area contributed by atoms with E-state index >= 15 is 0 Å². The number of esters is 2. The molecule has 0 radical (unpaired) electrons. The molecule has 140 valence electrons. The van der Waals surface area contributed by atoms with E-state index < -0.39 is 29.9 Å². The van der Waals surface area contributed by atoms with Crippen LogP contribution < -0.4 is 10.7 Å². The van der Waals surface area contributed by atoms with Crippen LogP contribution in [0.5, 0.6) is 0 Å². The van der Waals surface area contributed by atoms with Gasteiger partial charge >= 0.3 is 11.9 Å². The summed E-state index contributed by atoms with van der Waals surface area (Å²) in [5, 5.41) is 4.07. The molecule has 1 aliphatic heterocycles. The van der Waals surface area contributed by atoms with Crippen LogP contribution in [-0.4, -0.2) is 42.7 Å². The van der Waals surface area contributed by atoms with Crippen LogP contribution in [-0.2, 0) is 19.1 Å². The molecule has 2 N–H and O–H groups in total. The Kier molecular flexibility index (Phi) is 4.98. The molecule has 1 amide bonds. The molecule has 8 heteroatoms.